The van der Waals surface area contributed by atoms with Crippen molar-refractivity contribution in [1.29, 1.82) is 0 Å². The van der Waals surface area contributed by atoms with Gasteiger partial charge in [-0.25, -0.2) is 0 Å². The van der Waals surface area contributed by atoms with Crippen molar-refractivity contribution in [3.8, 4) is 5.69 Å². The van der Waals surface area contributed by atoms with Gasteiger partial charge in [0, 0.05) is 22.7 Å². The van der Waals surface area contributed by atoms with Crippen molar-refractivity contribution in [1.82, 2.24) is 14.8 Å². The Bertz CT molecular complexity index is 1010. The van der Waals surface area contributed by atoms with E-state index in [4.69, 9.17) is 5.73 Å². The molecule has 4 aromatic rings. The molecule has 102 valence electrons. The maximum atomic E-state index is 12.2. The van der Waals surface area contributed by atoms with E-state index in [1.807, 2.05) is 24.3 Å². The number of fused-ring (bicyclic) bond motifs is 3. The summed E-state index contributed by atoms with van der Waals surface area (Å²) in [6, 6.07) is 16.5. The van der Waals surface area contributed by atoms with E-state index in [1.54, 1.807) is 30.3 Å². The van der Waals surface area contributed by atoms with Gasteiger partial charge >= 0.3 is 0 Å². The minimum Gasteiger partial charge on any atom is -0.399 e. The highest BCUT2D eigenvalue weighted by molar-refractivity contribution is 6.04. The molecule has 0 radical (unpaired) electrons. The van der Waals surface area contributed by atoms with Gasteiger partial charge in [-0.1, -0.05) is 18.2 Å². The summed E-state index contributed by atoms with van der Waals surface area (Å²) in [7, 11) is 0. The number of benzene rings is 2. The quantitative estimate of drug-likeness (QED) is 0.524. The van der Waals surface area contributed by atoms with Gasteiger partial charge in [-0.15, -0.1) is 0 Å². The molecule has 2 aromatic heterocycles. The van der Waals surface area contributed by atoms with Crippen LogP contribution in [-0.2, 0) is 0 Å². The van der Waals surface area contributed by atoms with Gasteiger partial charge in [0.05, 0.1) is 11.2 Å². The lowest BCUT2D eigenvalue weighted by molar-refractivity contribution is 0.833. The number of para-hydroxylation sites is 1. The van der Waals surface area contributed by atoms with E-state index in [0.29, 0.717) is 11.4 Å². The zero-order valence-electron chi connectivity index (χ0n) is 11.1. The Hall–Kier alpha value is -3.08. The summed E-state index contributed by atoms with van der Waals surface area (Å²) < 4.78 is 1.39. The molecule has 0 saturated carbocycles. The third-order valence-electron chi connectivity index (χ3n) is 3.52. The molecule has 0 amide bonds. The van der Waals surface area contributed by atoms with Crippen molar-refractivity contribution < 1.29 is 0 Å². The number of rotatable bonds is 1. The van der Waals surface area contributed by atoms with Crippen LogP contribution in [0.1, 0.15) is 0 Å². The highest BCUT2D eigenvalue weighted by Gasteiger charge is 2.09. The highest BCUT2D eigenvalue weighted by atomic mass is 16.1. The van der Waals surface area contributed by atoms with Crippen LogP contribution in [0.2, 0.25) is 0 Å². The minimum absolute atomic E-state index is 0.182. The first kappa shape index (κ1) is 11.7. The molecule has 0 unspecified atom stereocenters. The standard InChI is InChI=1S/C16H12N4O/c17-10-5-7-11(8-6-10)20-15(21)9-14-16(19-20)12-3-1-2-4-13(12)18-14/h1-9,18H,17H2. The zero-order valence-corrected chi connectivity index (χ0v) is 11.1. The van der Waals surface area contributed by atoms with Crippen molar-refractivity contribution in [2.75, 3.05) is 5.73 Å². The van der Waals surface area contributed by atoms with E-state index in [0.717, 1.165) is 21.9 Å². The van der Waals surface area contributed by atoms with Crippen LogP contribution in [0, 0.1) is 0 Å². The third-order valence-corrected chi connectivity index (χ3v) is 3.52. The highest BCUT2D eigenvalue weighted by Crippen LogP contribution is 2.22. The van der Waals surface area contributed by atoms with Crippen LogP contribution in [0.25, 0.3) is 27.6 Å². The lowest BCUT2D eigenvalue weighted by atomic mass is 10.2. The van der Waals surface area contributed by atoms with Crippen molar-refractivity contribution in [2.45, 2.75) is 0 Å². The average Bonchev–Trinajstić information content (AvgIpc) is 2.84. The first-order valence-corrected chi connectivity index (χ1v) is 6.59. The molecule has 21 heavy (non-hydrogen) atoms. The van der Waals surface area contributed by atoms with Crippen LogP contribution < -0.4 is 11.3 Å². The fourth-order valence-corrected chi connectivity index (χ4v) is 2.49. The van der Waals surface area contributed by atoms with E-state index in [2.05, 4.69) is 10.1 Å². The molecule has 0 aliphatic heterocycles. The second-order valence-electron chi connectivity index (χ2n) is 4.92. The van der Waals surface area contributed by atoms with E-state index in [-0.39, 0.29) is 5.56 Å². The van der Waals surface area contributed by atoms with Gasteiger partial charge in [-0.2, -0.15) is 9.78 Å². The summed E-state index contributed by atoms with van der Waals surface area (Å²) in [5, 5.41) is 5.49. The molecule has 0 fully saturated rings. The summed E-state index contributed by atoms with van der Waals surface area (Å²) in [6.07, 6.45) is 0. The van der Waals surface area contributed by atoms with Crippen molar-refractivity contribution in [3.05, 3.63) is 65.0 Å². The topological polar surface area (TPSA) is 76.7 Å². The van der Waals surface area contributed by atoms with Crippen LogP contribution in [-0.4, -0.2) is 14.8 Å². The normalized spacial score (nSPS) is 11.2. The number of aromatic amines is 1. The summed E-state index contributed by atoms with van der Waals surface area (Å²) in [4.78, 5) is 15.5. The number of hydrogen-bond donors (Lipinski definition) is 2. The number of nitrogens with zero attached hydrogens (tertiary/aromatic N) is 2. The Morgan fingerprint density at radius 1 is 1.00 bits per heavy atom. The lowest BCUT2D eigenvalue weighted by Crippen LogP contribution is -2.19. The molecule has 0 aliphatic rings. The van der Waals surface area contributed by atoms with Crippen molar-refractivity contribution >= 4 is 27.6 Å². The van der Waals surface area contributed by atoms with Crippen LogP contribution in [0.5, 0.6) is 0 Å². The van der Waals surface area contributed by atoms with Gasteiger partial charge in [0.2, 0.25) is 0 Å². The van der Waals surface area contributed by atoms with Crippen molar-refractivity contribution in [3.63, 3.8) is 0 Å². The molecular formula is C16H12N4O. The Morgan fingerprint density at radius 3 is 2.57 bits per heavy atom. The monoisotopic (exact) mass is 276 g/mol. The third kappa shape index (κ3) is 1.79. The van der Waals surface area contributed by atoms with Gasteiger partial charge in [0.1, 0.15) is 5.52 Å². The van der Waals surface area contributed by atoms with E-state index < -0.39 is 0 Å². The summed E-state index contributed by atoms with van der Waals surface area (Å²) in [5.41, 5.74) is 9.34. The fourth-order valence-electron chi connectivity index (χ4n) is 2.49. The molecular weight excluding hydrogens is 264 g/mol. The molecule has 3 N–H and O–H groups in total. The molecule has 0 saturated heterocycles. The largest absolute Gasteiger partial charge is 0.399 e. The van der Waals surface area contributed by atoms with Crippen LogP contribution in [0.3, 0.4) is 0 Å². The SMILES string of the molecule is Nc1ccc(-n2nc3c(cc2=O)[nH]c2ccccc23)cc1. The zero-order chi connectivity index (χ0) is 14.4. The van der Waals surface area contributed by atoms with Gasteiger partial charge in [0.25, 0.3) is 5.56 Å². The van der Waals surface area contributed by atoms with Gasteiger partial charge in [-0.05, 0) is 30.3 Å². The molecule has 5 heteroatoms. The van der Waals surface area contributed by atoms with E-state index in [1.165, 1.54) is 4.68 Å². The van der Waals surface area contributed by atoms with E-state index in [9.17, 15) is 4.79 Å². The Labute approximate surface area is 119 Å². The second kappa shape index (κ2) is 4.21. The first-order chi connectivity index (χ1) is 10.2. The maximum absolute atomic E-state index is 12.2. The lowest BCUT2D eigenvalue weighted by Gasteiger charge is -2.04. The molecule has 2 heterocycles. The minimum atomic E-state index is -0.182. The Balaban J connectivity index is 2.05. The fraction of sp³-hybridized carbons (Fsp3) is 0. The molecule has 0 atom stereocenters. The van der Waals surface area contributed by atoms with E-state index >= 15 is 0 Å². The summed E-state index contributed by atoms with van der Waals surface area (Å²) in [6.45, 7) is 0. The summed E-state index contributed by atoms with van der Waals surface area (Å²) >= 11 is 0. The maximum Gasteiger partial charge on any atom is 0.273 e. The van der Waals surface area contributed by atoms with Crippen LogP contribution >= 0.6 is 0 Å². The smallest absolute Gasteiger partial charge is 0.273 e. The molecule has 0 bridgehead atoms. The Morgan fingerprint density at radius 2 is 1.76 bits per heavy atom. The van der Waals surface area contributed by atoms with Gasteiger partial charge in [0.15, 0.2) is 0 Å². The molecule has 0 spiro atoms. The predicted octanol–water partition coefficient (Wildman–Crippen LogP) is 2.45. The molecule has 5 nitrogen and oxygen atoms in total. The van der Waals surface area contributed by atoms with Crippen LogP contribution in [0.4, 0.5) is 5.69 Å². The number of nitrogen functional groups attached to an aromatic ring is 1. The second-order valence-corrected chi connectivity index (χ2v) is 4.92. The number of anilines is 1. The first-order valence-electron chi connectivity index (χ1n) is 6.59. The number of H-pyrrole nitrogens is 1. The van der Waals surface area contributed by atoms with Gasteiger partial charge in [-0.3, -0.25) is 4.79 Å². The molecule has 2 aromatic carbocycles. The number of aromatic nitrogens is 3. The molecule has 0 aliphatic carbocycles. The Kier molecular flexibility index (Phi) is 2.35. The number of nitrogens with one attached hydrogen (secondary N) is 1. The van der Waals surface area contributed by atoms with Crippen molar-refractivity contribution in [2.24, 2.45) is 0 Å². The van der Waals surface area contributed by atoms with Crippen LogP contribution in [0.15, 0.2) is 59.4 Å². The number of nitrogens with two attached hydrogens (primary N) is 1. The summed E-state index contributed by atoms with van der Waals surface area (Å²) in [5.74, 6) is 0. The predicted molar refractivity (Wildman–Crippen MR) is 83.6 cm³/mol. The number of hydrogen-bond acceptors (Lipinski definition) is 3. The molecule has 4 rings (SSSR count). The van der Waals surface area contributed by atoms with Gasteiger partial charge < -0.3 is 10.7 Å². The average molecular weight is 276 g/mol.